The van der Waals surface area contributed by atoms with Crippen molar-refractivity contribution in [3.63, 3.8) is 0 Å². The lowest BCUT2D eigenvalue weighted by Crippen LogP contribution is -1.78. The zero-order chi connectivity index (χ0) is 22.0. The Hall–Kier alpha value is -2.26. The van der Waals surface area contributed by atoms with Crippen LogP contribution in [0, 0.1) is 18.6 Å². The number of H-pyrrole nitrogens is 1. The minimum absolute atomic E-state index is 0.690. The van der Waals surface area contributed by atoms with E-state index in [1.165, 1.54) is 33.0 Å². The number of thiophene rings is 2. The van der Waals surface area contributed by atoms with Crippen LogP contribution in [0.2, 0.25) is 0 Å². The van der Waals surface area contributed by atoms with Crippen LogP contribution >= 0.6 is 46.2 Å². The molecule has 0 aliphatic rings. The molecule has 1 N–H and O–H groups in total. The number of hydrogen-bond acceptors (Lipinski definition) is 5. The van der Waals surface area contributed by atoms with Crippen molar-refractivity contribution >= 4 is 57.4 Å². The quantitative estimate of drug-likeness (QED) is 0.256. The number of hydrogen-bond donors (Lipinski definition) is 1. The first kappa shape index (κ1) is 22.0. The second kappa shape index (κ2) is 9.48. The summed E-state index contributed by atoms with van der Waals surface area (Å²) in [6.45, 7) is 10.1. The summed E-state index contributed by atoms with van der Waals surface area (Å²) in [5.41, 5.74) is 6.11. The summed E-state index contributed by atoms with van der Waals surface area (Å²) >= 11 is 10.4. The number of aromatic nitrogens is 4. The highest BCUT2D eigenvalue weighted by Gasteiger charge is 2.08. The normalized spacial score (nSPS) is 10.9. The highest BCUT2D eigenvalue weighted by atomic mass is 32.1. The highest BCUT2D eigenvalue weighted by Crippen LogP contribution is 2.28. The molecule has 0 spiro atoms. The average Bonchev–Trinajstić information content (AvgIpc) is 3.54. The minimum atomic E-state index is 0.690. The summed E-state index contributed by atoms with van der Waals surface area (Å²) in [5.74, 6) is 0. The van der Waals surface area contributed by atoms with E-state index in [1.807, 2.05) is 10.8 Å². The molecule has 0 atom stereocenters. The van der Waals surface area contributed by atoms with Gasteiger partial charge in [0.25, 0.3) is 0 Å². The number of aromatic amines is 1. The van der Waals surface area contributed by atoms with Gasteiger partial charge in [0.05, 0.1) is 15.4 Å². The molecule has 0 aliphatic carbocycles. The molecule has 5 heterocycles. The molecule has 0 saturated heterocycles. The van der Waals surface area contributed by atoms with E-state index >= 15 is 0 Å². The Morgan fingerprint density at radius 3 is 2.55 bits per heavy atom. The van der Waals surface area contributed by atoms with E-state index in [9.17, 15) is 0 Å². The standard InChI is InChI=1S/C12H14N2S2.C11H10N2S2/c1-3-5-9-6-11(16-8-9)10-7-14(4-2)12(15)13-10;1-7-3-10(14-5-7)9-4-13-8(2)6-15-11(13)12-9/h4,6-8H,2-3,5H2,1H3,(H,13,15);3-6H,1-2H3. The zero-order valence-corrected chi connectivity index (χ0v) is 21.0. The number of rotatable bonds is 5. The van der Waals surface area contributed by atoms with E-state index in [4.69, 9.17) is 12.2 Å². The van der Waals surface area contributed by atoms with Crippen LogP contribution in [0.5, 0.6) is 0 Å². The van der Waals surface area contributed by atoms with Crippen molar-refractivity contribution in [2.75, 3.05) is 0 Å². The molecule has 0 radical (unpaired) electrons. The maximum absolute atomic E-state index is 5.17. The van der Waals surface area contributed by atoms with Crippen LogP contribution in [-0.2, 0) is 6.42 Å². The zero-order valence-electron chi connectivity index (χ0n) is 17.7. The number of fused-ring (bicyclic) bond motifs is 1. The second-order valence-corrected chi connectivity index (χ2v) is 10.3. The van der Waals surface area contributed by atoms with Crippen molar-refractivity contribution in [3.8, 4) is 21.1 Å². The van der Waals surface area contributed by atoms with Crippen molar-refractivity contribution in [1.82, 2.24) is 18.9 Å². The predicted molar refractivity (Wildman–Crippen MR) is 139 cm³/mol. The number of nitrogens with one attached hydrogen (secondary N) is 1. The Morgan fingerprint density at radius 1 is 1.10 bits per heavy atom. The molecule has 0 aromatic carbocycles. The molecule has 31 heavy (non-hydrogen) atoms. The number of imidazole rings is 2. The van der Waals surface area contributed by atoms with Crippen LogP contribution in [0.3, 0.4) is 0 Å². The van der Waals surface area contributed by atoms with Gasteiger partial charge in [-0.05, 0) is 66.5 Å². The fourth-order valence-electron chi connectivity index (χ4n) is 3.19. The van der Waals surface area contributed by atoms with E-state index < -0.39 is 0 Å². The Morgan fingerprint density at radius 2 is 1.90 bits per heavy atom. The summed E-state index contributed by atoms with van der Waals surface area (Å²) in [4.78, 5) is 11.4. The van der Waals surface area contributed by atoms with E-state index in [0.717, 1.165) is 22.8 Å². The molecule has 5 rings (SSSR count). The molecular formula is C23H24N4S4. The van der Waals surface area contributed by atoms with Crippen LogP contribution in [0.15, 0.2) is 47.2 Å². The summed E-state index contributed by atoms with van der Waals surface area (Å²) in [7, 11) is 0. The van der Waals surface area contributed by atoms with Gasteiger partial charge in [-0.2, -0.15) is 0 Å². The number of thiazole rings is 1. The van der Waals surface area contributed by atoms with Gasteiger partial charge >= 0.3 is 0 Å². The molecule has 0 aliphatic heterocycles. The largest absolute Gasteiger partial charge is 0.330 e. The third-order valence-electron chi connectivity index (χ3n) is 4.77. The van der Waals surface area contributed by atoms with Crippen LogP contribution in [-0.4, -0.2) is 18.9 Å². The van der Waals surface area contributed by atoms with E-state index in [0.29, 0.717) is 4.77 Å². The Balaban J connectivity index is 0.000000149. The number of nitrogens with zero attached hydrogens (tertiary/aromatic N) is 3. The second-order valence-electron chi connectivity index (χ2n) is 7.28. The van der Waals surface area contributed by atoms with Gasteiger partial charge in [0.15, 0.2) is 9.73 Å². The van der Waals surface area contributed by atoms with Gasteiger partial charge in [-0.15, -0.1) is 34.0 Å². The van der Waals surface area contributed by atoms with E-state index in [-0.39, 0.29) is 0 Å². The molecule has 160 valence electrons. The molecule has 5 aromatic heterocycles. The Bertz CT molecular complexity index is 1370. The van der Waals surface area contributed by atoms with Gasteiger partial charge in [-0.1, -0.05) is 19.9 Å². The summed E-state index contributed by atoms with van der Waals surface area (Å²) in [6, 6.07) is 4.41. The predicted octanol–water partition coefficient (Wildman–Crippen LogP) is 8.07. The first-order valence-electron chi connectivity index (χ1n) is 9.98. The molecular weight excluding hydrogens is 461 g/mol. The third-order valence-corrected chi connectivity index (χ3v) is 8.12. The topological polar surface area (TPSA) is 38.0 Å². The van der Waals surface area contributed by atoms with Crippen molar-refractivity contribution in [1.29, 1.82) is 0 Å². The van der Waals surface area contributed by atoms with E-state index in [1.54, 1.807) is 40.2 Å². The minimum Gasteiger partial charge on any atom is -0.330 e. The molecule has 0 unspecified atom stereocenters. The molecule has 0 amide bonds. The van der Waals surface area contributed by atoms with Crippen molar-refractivity contribution in [3.05, 3.63) is 68.8 Å². The maximum atomic E-state index is 5.17. The van der Waals surface area contributed by atoms with Gasteiger partial charge in [-0.3, -0.25) is 8.97 Å². The Kier molecular flexibility index (Phi) is 6.71. The maximum Gasteiger partial charge on any atom is 0.194 e. The van der Waals surface area contributed by atoms with Crippen LogP contribution in [0.4, 0.5) is 0 Å². The van der Waals surface area contributed by atoms with Gasteiger partial charge in [0.2, 0.25) is 0 Å². The smallest absolute Gasteiger partial charge is 0.194 e. The first-order chi connectivity index (χ1) is 15.0. The first-order valence-corrected chi connectivity index (χ1v) is 13.0. The van der Waals surface area contributed by atoms with Crippen LogP contribution in [0.1, 0.15) is 30.2 Å². The van der Waals surface area contributed by atoms with Gasteiger partial charge < -0.3 is 4.98 Å². The molecule has 4 nitrogen and oxygen atoms in total. The molecule has 0 bridgehead atoms. The fourth-order valence-corrected chi connectivity index (χ4v) is 6.04. The Labute approximate surface area is 199 Å². The molecule has 8 heteroatoms. The molecule has 0 saturated carbocycles. The lowest BCUT2D eigenvalue weighted by Gasteiger charge is -1.90. The van der Waals surface area contributed by atoms with Gasteiger partial charge in [-0.25, -0.2) is 4.98 Å². The summed E-state index contributed by atoms with van der Waals surface area (Å²) in [5, 5.41) is 6.50. The van der Waals surface area contributed by atoms with Crippen molar-refractivity contribution < 1.29 is 0 Å². The van der Waals surface area contributed by atoms with Crippen LogP contribution < -0.4 is 0 Å². The fraction of sp³-hybridized carbons (Fsp3) is 0.217. The molecule has 5 aromatic rings. The lowest BCUT2D eigenvalue weighted by molar-refractivity contribution is 0.927. The number of aryl methyl sites for hydroxylation is 3. The lowest BCUT2D eigenvalue weighted by atomic mass is 10.2. The van der Waals surface area contributed by atoms with Crippen molar-refractivity contribution in [2.24, 2.45) is 0 Å². The summed E-state index contributed by atoms with van der Waals surface area (Å²) in [6.07, 6.45) is 8.13. The highest BCUT2D eigenvalue weighted by molar-refractivity contribution is 7.71. The average molecular weight is 485 g/mol. The van der Waals surface area contributed by atoms with Gasteiger partial charge in [0, 0.05) is 29.7 Å². The summed E-state index contributed by atoms with van der Waals surface area (Å²) < 4.78 is 4.66. The SMILES string of the molecule is C=Cn1cc(-c2cc(CCC)cs2)[nH]c1=S.Cc1csc(-c2cn3c(C)csc3n2)c1. The monoisotopic (exact) mass is 484 g/mol. The van der Waals surface area contributed by atoms with Gasteiger partial charge in [0.1, 0.15) is 5.69 Å². The van der Waals surface area contributed by atoms with Crippen molar-refractivity contribution in [2.45, 2.75) is 33.6 Å². The van der Waals surface area contributed by atoms with Crippen LogP contribution in [0.25, 0.3) is 32.3 Å². The molecule has 0 fully saturated rings. The van der Waals surface area contributed by atoms with E-state index in [2.05, 4.69) is 76.2 Å². The third kappa shape index (κ3) is 4.82.